The Hall–Kier alpha value is -0.240. The quantitative estimate of drug-likeness (QED) is 0.427. The van der Waals surface area contributed by atoms with Crippen molar-refractivity contribution in [2.75, 3.05) is 0 Å². The third-order valence-electron chi connectivity index (χ3n) is 0.302. The molecule has 0 saturated carbocycles. The molecule has 0 amide bonds. The summed E-state index contributed by atoms with van der Waals surface area (Å²) < 4.78 is 0. The van der Waals surface area contributed by atoms with Gasteiger partial charge in [-0.3, -0.25) is 4.79 Å². The van der Waals surface area contributed by atoms with Crippen LogP contribution in [0.5, 0.6) is 0 Å². The molecule has 1 nitrogen and oxygen atoms in total. The van der Waals surface area contributed by atoms with Crippen LogP contribution >= 0.6 is 12.6 Å². The molecule has 0 rings (SSSR count). The first kappa shape index (κ1) is 10.7. The Bertz CT molecular complexity index is 68.9. The fraction of sp³-hybridized carbons (Fsp3) is 0.500. The highest BCUT2D eigenvalue weighted by Crippen LogP contribution is 1.80. The van der Waals surface area contributed by atoms with Gasteiger partial charge in [-0.05, 0) is 6.92 Å². The standard InChI is InChI=1S/C3H6OS.C3H6/c1-2-3(4)5;1-3-2/h2H2,1H3,(H,4,5);3H,1H2,2H3. The van der Waals surface area contributed by atoms with Crippen LogP contribution in [0.4, 0.5) is 0 Å². The van der Waals surface area contributed by atoms with Crippen LogP contribution in [0.2, 0.25) is 0 Å². The monoisotopic (exact) mass is 132 g/mol. The Labute approximate surface area is 56.2 Å². The number of thiol groups is 1. The third kappa shape index (κ3) is 42.1. The molecule has 0 aliphatic rings. The summed E-state index contributed by atoms with van der Waals surface area (Å²) in [5.41, 5.74) is 0. The molecule has 0 aromatic rings. The van der Waals surface area contributed by atoms with Crippen molar-refractivity contribution in [1.82, 2.24) is 0 Å². The summed E-state index contributed by atoms with van der Waals surface area (Å²) in [6, 6.07) is 0. The molecule has 0 heterocycles. The largest absolute Gasteiger partial charge is 0.288 e. The van der Waals surface area contributed by atoms with Crippen LogP contribution < -0.4 is 0 Å². The first-order valence-electron chi connectivity index (χ1n) is 2.47. The first-order valence-corrected chi connectivity index (χ1v) is 2.92. The molecule has 0 saturated heterocycles. The zero-order valence-electron chi connectivity index (χ0n) is 5.35. The molecule has 0 aromatic carbocycles. The molecule has 0 aliphatic heterocycles. The van der Waals surface area contributed by atoms with Crippen LogP contribution in [0.15, 0.2) is 12.7 Å². The molecular weight excluding hydrogens is 120 g/mol. The molecule has 0 aliphatic carbocycles. The zero-order chi connectivity index (χ0) is 6.99. The van der Waals surface area contributed by atoms with Gasteiger partial charge < -0.3 is 0 Å². The van der Waals surface area contributed by atoms with Gasteiger partial charge in [-0.1, -0.05) is 13.0 Å². The van der Waals surface area contributed by atoms with Crippen molar-refractivity contribution in [3.63, 3.8) is 0 Å². The van der Waals surface area contributed by atoms with Crippen molar-refractivity contribution in [2.24, 2.45) is 0 Å². The van der Waals surface area contributed by atoms with Crippen LogP contribution in [-0.4, -0.2) is 5.12 Å². The molecule has 0 radical (unpaired) electrons. The maximum atomic E-state index is 9.68. The van der Waals surface area contributed by atoms with E-state index in [0.717, 1.165) is 0 Å². The van der Waals surface area contributed by atoms with E-state index in [1.165, 1.54) is 0 Å². The lowest BCUT2D eigenvalue weighted by molar-refractivity contribution is -0.110. The Morgan fingerprint density at radius 3 is 2.00 bits per heavy atom. The smallest absolute Gasteiger partial charge is 0.185 e. The van der Waals surface area contributed by atoms with E-state index in [1.807, 2.05) is 6.92 Å². The summed E-state index contributed by atoms with van der Waals surface area (Å²) in [7, 11) is 0. The van der Waals surface area contributed by atoms with Gasteiger partial charge in [0.25, 0.3) is 0 Å². The van der Waals surface area contributed by atoms with Crippen molar-refractivity contribution in [3.05, 3.63) is 12.7 Å². The minimum absolute atomic E-state index is 0.0509. The third-order valence-corrected chi connectivity index (χ3v) is 0.619. The lowest BCUT2D eigenvalue weighted by Crippen LogP contribution is -1.74. The number of hydrogen-bond acceptors (Lipinski definition) is 1. The minimum atomic E-state index is -0.0509. The maximum Gasteiger partial charge on any atom is 0.185 e. The molecular formula is C6H12OS. The number of hydrogen-bond donors (Lipinski definition) is 1. The molecule has 0 aromatic heterocycles. The Kier molecular flexibility index (Phi) is 13.2. The van der Waals surface area contributed by atoms with E-state index in [4.69, 9.17) is 0 Å². The summed E-state index contributed by atoms with van der Waals surface area (Å²) in [5, 5.41) is -0.0509. The van der Waals surface area contributed by atoms with E-state index >= 15 is 0 Å². The van der Waals surface area contributed by atoms with Gasteiger partial charge in [0, 0.05) is 6.42 Å². The normalized spacial score (nSPS) is 6.38. The maximum absolute atomic E-state index is 9.68. The summed E-state index contributed by atoms with van der Waals surface area (Å²) in [4.78, 5) is 9.68. The van der Waals surface area contributed by atoms with Crippen molar-refractivity contribution >= 4 is 17.7 Å². The average Bonchev–Trinajstić information content (AvgIpc) is 1.69. The number of rotatable bonds is 1. The molecule has 2 heteroatoms. The molecule has 8 heavy (non-hydrogen) atoms. The van der Waals surface area contributed by atoms with Gasteiger partial charge in [-0.15, -0.1) is 19.2 Å². The lowest BCUT2D eigenvalue weighted by Gasteiger charge is -1.70. The summed E-state index contributed by atoms with van der Waals surface area (Å²) in [6.45, 7) is 7.02. The fourth-order valence-electron chi connectivity index (χ4n) is 0. The van der Waals surface area contributed by atoms with Crippen molar-refractivity contribution in [2.45, 2.75) is 20.3 Å². The Morgan fingerprint density at radius 2 is 2.00 bits per heavy atom. The first-order chi connectivity index (χ1) is 3.68. The van der Waals surface area contributed by atoms with Gasteiger partial charge in [0.15, 0.2) is 5.12 Å². The summed E-state index contributed by atoms with van der Waals surface area (Å²) in [5.74, 6) is 0. The van der Waals surface area contributed by atoms with E-state index in [-0.39, 0.29) is 5.12 Å². The highest BCUT2D eigenvalue weighted by Gasteiger charge is 1.78. The minimum Gasteiger partial charge on any atom is -0.288 e. The Balaban J connectivity index is 0. The van der Waals surface area contributed by atoms with E-state index in [2.05, 4.69) is 19.2 Å². The van der Waals surface area contributed by atoms with Crippen molar-refractivity contribution < 1.29 is 4.79 Å². The summed E-state index contributed by atoms with van der Waals surface area (Å²) in [6.07, 6.45) is 2.28. The van der Waals surface area contributed by atoms with Crippen molar-refractivity contribution in [1.29, 1.82) is 0 Å². The molecule has 0 fully saturated rings. The average molecular weight is 132 g/mol. The highest BCUT2D eigenvalue weighted by molar-refractivity contribution is 7.96. The van der Waals surface area contributed by atoms with E-state index in [1.54, 1.807) is 13.0 Å². The van der Waals surface area contributed by atoms with Gasteiger partial charge >= 0.3 is 0 Å². The van der Waals surface area contributed by atoms with E-state index < -0.39 is 0 Å². The molecule has 0 atom stereocenters. The molecule has 0 unspecified atom stereocenters. The van der Waals surface area contributed by atoms with E-state index in [9.17, 15) is 4.79 Å². The van der Waals surface area contributed by atoms with Gasteiger partial charge in [0.2, 0.25) is 0 Å². The molecule has 48 valence electrons. The second kappa shape index (κ2) is 9.90. The van der Waals surface area contributed by atoms with Crippen molar-refractivity contribution in [3.8, 4) is 0 Å². The second-order valence-corrected chi connectivity index (χ2v) is 1.65. The highest BCUT2D eigenvalue weighted by atomic mass is 32.1. The Morgan fingerprint density at radius 1 is 1.88 bits per heavy atom. The van der Waals surface area contributed by atoms with E-state index in [0.29, 0.717) is 6.42 Å². The molecule has 0 bridgehead atoms. The number of carbonyl (C=O) groups excluding carboxylic acids is 1. The SMILES string of the molecule is C=CC.CCC(=O)S. The van der Waals surface area contributed by atoms with Gasteiger partial charge in [-0.25, -0.2) is 0 Å². The predicted molar refractivity (Wildman–Crippen MR) is 40.2 cm³/mol. The van der Waals surface area contributed by atoms with Crippen LogP contribution in [0.25, 0.3) is 0 Å². The number of carbonyl (C=O) groups is 1. The number of allylic oxidation sites excluding steroid dienone is 1. The molecule has 0 N–H and O–H groups in total. The van der Waals surface area contributed by atoms with Gasteiger partial charge in [0.1, 0.15) is 0 Å². The van der Waals surface area contributed by atoms with Crippen LogP contribution in [0.1, 0.15) is 20.3 Å². The molecule has 0 spiro atoms. The predicted octanol–water partition coefficient (Wildman–Crippen LogP) is 2.05. The van der Waals surface area contributed by atoms with Gasteiger partial charge in [-0.2, -0.15) is 0 Å². The zero-order valence-corrected chi connectivity index (χ0v) is 6.24. The fourth-order valence-corrected chi connectivity index (χ4v) is 0. The van der Waals surface area contributed by atoms with Crippen LogP contribution in [0, 0.1) is 0 Å². The topological polar surface area (TPSA) is 17.1 Å². The van der Waals surface area contributed by atoms with Gasteiger partial charge in [0.05, 0.1) is 0 Å². The lowest BCUT2D eigenvalue weighted by atomic mass is 10.6. The summed E-state index contributed by atoms with van der Waals surface area (Å²) >= 11 is 3.46. The van der Waals surface area contributed by atoms with Crippen LogP contribution in [0.3, 0.4) is 0 Å². The second-order valence-electron chi connectivity index (χ2n) is 1.16. The van der Waals surface area contributed by atoms with Crippen LogP contribution in [-0.2, 0) is 4.79 Å².